The summed E-state index contributed by atoms with van der Waals surface area (Å²) in [4.78, 5) is 0.266. The van der Waals surface area contributed by atoms with Crippen molar-refractivity contribution in [1.82, 2.24) is 4.31 Å². The number of hydrogen-bond donors (Lipinski definition) is 1. The van der Waals surface area contributed by atoms with Gasteiger partial charge in [-0.25, -0.2) is 12.7 Å². The largest absolute Gasteiger partial charge is 0.496 e. The SMILES string of the molecule is COc1ccc(Br)cc1CNc1cc(S(=O)(=O)N(C)C)ccc1C. The maximum Gasteiger partial charge on any atom is 0.242 e. The van der Waals surface area contributed by atoms with E-state index in [9.17, 15) is 8.42 Å². The molecule has 0 saturated carbocycles. The van der Waals surface area contributed by atoms with Gasteiger partial charge in [-0.15, -0.1) is 0 Å². The van der Waals surface area contributed by atoms with E-state index in [4.69, 9.17) is 4.74 Å². The van der Waals surface area contributed by atoms with Crippen molar-refractivity contribution < 1.29 is 13.2 Å². The molecule has 0 radical (unpaired) electrons. The molecule has 0 amide bonds. The van der Waals surface area contributed by atoms with E-state index in [0.717, 1.165) is 27.0 Å². The van der Waals surface area contributed by atoms with Crippen LogP contribution >= 0.6 is 15.9 Å². The standard InChI is InChI=1S/C17H21BrN2O3S/c1-12-5-7-15(24(21,22)20(2)3)10-16(12)19-11-13-9-14(18)6-8-17(13)23-4/h5-10,19H,11H2,1-4H3. The van der Waals surface area contributed by atoms with Crippen molar-refractivity contribution >= 4 is 31.6 Å². The van der Waals surface area contributed by atoms with Crippen LogP contribution in [0.3, 0.4) is 0 Å². The van der Waals surface area contributed by atoms with Gasteiger partial charge in [0, 0.05) is 36.4 Å². The molecule has 0 heterocycles. The van der Waals surface area contributed by atoms with Crippen LogP contribution in [0.15, 0.2) is 45.8 Å². The highest BCUT2D eigenvalue weighted by Gasteiger charge is 2.18. The van der Waals surface area contributed by atoms with Gasteiger partial charge in [0.25, 0.3) is 0 Å². The van der Waals surface area contributed by atoms with Crippen LogP contribution in [0.2, 0.25) is 0 Å². The Hall–Kier alpha value is -1.57. The van der Waals surface area contributed by atoms with E-state index < -0.39 is 10.0 Å². The van der Waals surface area contributed by atoms with Crippen molar-refractivity contribution in [2.75, 3.05) is 26.5 Å². The van der Waals surface area contributed by atoms with E-state index in [-0.39, 0.29) is 4.90 Å². The first-order valence-electron chi connectivity index (χ1n) is 7.35. The fourth-order valence-corrected chi connectivity index (χ4v) is 3.58. The average molecular weight is 413 g/mol. The third-order valence-electron chi connectivity index (χ3n) is 3.70. The van der Waals surface area contributed by atoms with Gasteiger partial charge in [-0.2, -0.15) is 0 Å². The fourth-order valence-electron chi connectivity index (χ4n) is 2.24. The molecule has 0 aromatic heterocycles. The lowest BCUT2D eigenvalue weighted by Gasteiger charge is -2.16. The van der Waals surface area contributed by atoms with Crippen LogP contribution in [-0.2, 0) is 16.6 Å². The predicted molar refractivity (Wildman–Crippen MR) is 100 cm³/mol. The maximum absolute atomic E-state index is 12.3. The molecule has 0 aliphatic carbocycles. The van der Waals surface area contributed by atoms with Gasteiger partial charge in [0.15, 0.2) is 0 Å². The highest BCUT2D eigenvalue weighted by Crippen LogP contribution is 2.26. The average Bonchev–Trinajstić information content (AvgIpc) is 2.53. The summed E-state index contributed by atoms with van der Waals surface area (Å²) in [6.07, 6.45) is 0. The van der Waals surface area contributed by atoms with Crippen LogP contribution in [0.25, 0.3) is 0 Å². The summed E-state index contributed by atoms with van der Waals surface area (Å²) in [7, 11) is 1.21. The van der Waals surface area contributed by atoms with E-state index >= 15 is 0 Å². The van der Waals surface area contributed by atoms with Crippen LogP contribution in [0.4, 0.5) is 5.69 Å². The maximum atomic E-state index is 12.3. The minimum atomic E-state index is -3.46. The molecule has 0 fully saturated rings. The summed E-state index contributed by atoms with van der Waals surface area (Å²) >= 11 is 3.45. The molecule has 2 aromatic rings. The number of benzene rings is 2. The summed E-state index contributed by atoms with van der Waals surface area (Å²) in [6, 6.07) is 10.9. The fraction of sp³-hybridized carbons (Fsp3) is 0.294. The Kier molecular flexibility index (Phi) is 5.90. The Bertz CT molecular complexity index is 836. The minimum Gasteiger partial charge on any atom is -0.496 e. The lowest BCUT2D eigenvalue weighted by Crippen LogP contribution is -2.22. The van der Waals surface area contributed by atoms with Gasteiger partial charge < -0.3 is 10.1 Å². The highest BCUT2D eigenvalue weighted by molar-refractivity contribution is 9.10. The molecule has 5 nitrogen and oxygen atoms in total. The van der Waals surface area contributed by atoms with Gasteiger partial charge in [0.1, 0.15) is 5.75 Å². The zero-order valence-electron chi connectivity index (χ0n) is 14.1. The highest BCUT2D eigenvalue weighted by atomic mass is 79.9. The molecule has 0 bridgehead atoms. The Morgan fingerprint density at radius 1 is 1.17 bits per heavy atom. The molecule has 7 heteroatoms. The van der Waals surface area contributed by atoms with E-state index in [2.05, 4.69) is 21.2 Å². The van der Waals surface area contributed by atoms with Gasteiger partial charge in [-0.1, -0.05) is 22.0 Å². The number of nitrogens with one attached hydrogen (secondary N) is 1. The quantitative estimate of drug-likeness (QED) is 0.786. The molecule has 0 aliphatic heterocycles. The number of nitrogens with zero attached hydrogens (tertiary/aromatic N) is 1. The van der Waals surface area contributed by atoms with E-state index in [1.54, 1.807) is 25.3 Å². The topological polar surface area (TPSA) is 58.6 Å². The van der Waals surface area contributed by atoms with Crippen LogP contribution in [0, 0.1) is 6.92 Å². The second kappa shape index (κ2) is 7.55. The van der Waals surface area contributed by atoms with Gasteiger partial charge in [0.2, 0.25) is 10.0 Å². The van der Waals surface area contributed by atoms with Crippen LogP contribution in [0.1, 0.15) is 11.1 Å². The van der Waals surface area contributed by atoms with E-state index in [1.165, 1.54) is 18.4 Å². The van der Waals surface area contributed by atoms with E-state index in [0.29, 0.717) is 6.54 Å². The number of anilines is 1. The zero-order chi connectivity index (χ0) is 17.9. The molecular weight excluding hydrogens is 392 g/mol. The van der Waals surface area contributed by atoms with Crippen molar-refractivity contribution in [3.8, 4) is 5.75 Å². The third-order valence-corrected chi connectivity index (χ3v) is 6.00. The summed E-state index contributed by atoms with van der Waals surface area (Å²) in [5.74, 6) is 0.778. The monoisotopic (exact) mass is 412 g/mol. The number of ether oxygens (including phenoxy) is 1. The first-order chi connectivity index (χ1) is 11.3. The van der Waals surface area contributed by atoms with Crippen molar-refractivity contribution in [2.24, 2.45) is 0 Å². The number of halogens is 1. The molecule has 1 N–H and O–H groups in total. The second-order valence-electron chi connectivity index (χ2n) is 5.57. The summed E-state index contributed by atoms with van der Waals surface area (Å²) in [5.41, 5.74) is 2.73. The van der Waals surface area contributed by atoms with Gasteiger partial charge >= 0.3 is 0 Å². The van der Waals surface area contributed by atoms with Crippen molar-refractivity contribution in [3.63, 3.8) is 0 Å². The number of rotatable bonds is 6. The van der Waals surface area contributed by atoms with Gasteiger partial charge in [-0.05, 0) is 42.8 Å². The Labute approximate surface area is 151 Å². The molecule has 2 rings (SSSR count). The number of hydrogen-bond acceptors (Lipinski definition) is 4. The molecular formula is C17H21BrN2O3S. The second-order valence-corrected chi connectivity index (χ2v) is 8.64. The van der Waals surface area contributed by atoms with Gasteiger partial charge in [-0.3, -0.25) is 0 Å². The molecule has 0 spiro atoms. The summed E-state index contributed by atoms with van der Waals surface area (Å²) < 4.78 is 32.1. The normalized spacial score (nSPS) is 11.6. The Morgan fingerprint density at radius 2 is 1.88 bits per heavy atom. The van der Waals surface area contributed by atoms with Gasteiger partial charge in [0.05, 0.1) is 12.0 Å². The Morgan fingerprint density at radius 3 is 2.50 bits per heavy atom. The lowest BCUT2D eigenvalue weighted by atomic mass is 10.1. The lowest BCUT2D eigenvalue weighted by molar-refractivity contribution is 0.410. The zero-order valence-corrected chi connectivity index (χ0v) is 16.5. The van der Waals surface area contributed by atoms with E-state index in [1.807, 2.05) is 25.1 Å². The number of aryl methyl sites for hydroxylation is 1. The molecule has 0 atom stereocenters. The third kappa shape index (κ3) is 4.09. The first-order valence-corrected chi connectivity index (χ1v) is 9.58. The first kappa shape index (κ1) is 18.8. The molecule has 130 valence electrons. The molecule has 24 heavy (non-hydrogen) atoms. The van der Waals surface area contributed by atoms with Crippen molar-refractivity contribution in [1.29, 1.82) is 0 Å². The van der Waals surface area contributed by atoms with Crippen LogP contribution in [0.5, 0.6) is 5.75 Å². The van der Waals surface area contributed by atoms with Crippen LogP contribution in [-0.4, -0.2) is 33.9 Å². The molecule has 2 aromatic carbocycles. The molecule has 0 aliphatic rings. The minimum absolute atomic E-state index is 0.266. The predicted octanol–water partition coefficient (Wildman–Crippen LogP) is 3.63. The Balaban J connectivity index is 2.29. The molecule has 0 unspecified atom stereocenters. The number of sulfonamides is 1. The summed E-state index contributed by atoms with van der Waals surface area (Å²) in [6.45, 7) is 2.46. The summed E-state index contributed by atoms with van der Waals surface area (Å²) in [5, 5.41) is 3.30. The van der Waals surface area contributed by atoms with Crippen LogP contribution < -0.4 is 10.1 Å². The molecule has 0 saturated heterocycles. The number of methoxy groups -OCH3 is 1. The van der Waals surface area contributed by atoms with Crippen molar-refractivity contribution in [3.05, 3.63) is 52.0 Å². The smallest absolute Gasteiger partial charge is 0.242 e. The van der Waals surface area contributed by atoms with Crippen molar-refractivity contribution in [2.45, 2.75) is 18.4 Å².